The van der Waals surface area contributed by atoms with Crippen LogP contribution in [0.4, 0.5) is 10.5 Å². The minimum atomic E-state index is -0.240. The summed E-state index contributed by atoms with van der Waals surface area (Å²) in [6.45, 7) is 4.08. The summed E-state index contributed by atoms with van der Waals surface area (Å²) in [4.78, 5) is 27.3. The molecule has 0 saturated carbocycles. The number of fused-ring (bicyclic) bond motifs is 1. The maximum atomic E-state index is 12.8. The number of rotatable bonds is 5. The van der Waals surface area contributed by atoms with Crippen molar-refractivity contribution in [3.63, 3.8) is 0 Å². The van der Waals surface area contributed by atoms with Gasteiger partial charge in [0.05, 0.1) is 10.9 Å². The third-order valence-electron chi connectivity index (χ3n) is 6.68. The number of carbonyl (C=O) groups excluding carboxylic acids is 2. The molecule has 1 atom stereocenters. The Morgan fingerprint density at radius 3 is 2.76 bits per heavy atom. The van der Waals surface area contributed by atoms with E-state index in [2.05, 4.69) is 22.9 Å². The molecule has 3 heterocycles. The molecular weight excluding hydrogens is 452 g/mol. The van der Waals surface area contributed by atoms with Gasteiger partial charge < -0.3 is 25.0 Å². The van der Waals surface area contributed by atoms with E-state index < -0.39 is 0 Å². The number of urea groups is 1. The Bertz CT molecular complexity index is 1070. The van der Waals surface area contributed by atoms with E-state index in [4.69, 9.17) is 9.47 Å². The zero-order valence-corrected chi connectivity index (χ0v) is 20.1. The lowest BCUT2D eigenvalue weighted by Crippen LogP contribution is -2.54. The number of hydrogen-bond acceptors (Lipinski definition) is 6. The van der Waals surface area contributed by atoms with Crippen LogP contribution in [0, 0.1) is 0 Å². The lowest BCUT2D eigenvalue weighted by molar-refractivity contribution is -0.122. The van der Waals surface area contributed by atoms with E-state index in [-0.39, 0.29) is 29.6 Å². The Hall–Kier alpha value is -2.91. The third-order valence-corrected chi connectivity index (χ3v) is 8.26. The maximum absolute atomic E-state index is 12.8. The minimum absolute atomic E-state index is 0.00149. The standard InChI is InChI=1S/C25H30N4O4S/c1-2-18-5-3-4-6-19(18)27-24(31)29-11-9-25(10-12-29)28-20(15-34-25)23(30)26-14-17-7-8-21-22(13-17)33-16-32-21/h3-8,13,20,28H,2,9-12,14-16H2,1H3,(H,26,30)(H,27,31). The number of hydrogen-bond donors (Lipinski definition) is 3. The smallest absolute Gasteiger partial charge is 0.321 e. The molecule has 3 amide bonds. The minimum Gasteiger partial charge on any atom is -0.454 e. The molecule has 5 rings (SSSR count). The number of anilines is 1. The zero-order chi connectivity index (χ0) is 23.5. The van der Waals surface area contributed by atoms with Gasteiger partial charge in [-0.15, -0.1) is 11.8 Å². The molecule has 1 spiro atoms. The van der Waals surface area contributed by atoms with Gasteiger partial charge in [0.1, 0.15) is 0 Å². The van der Waals surface area contributed by atoms with Crippen LogP contribution in [-0.2, 0) is 17.8 Å². The van der Waals surface area contributed by atoms with E-state index in [1.165, 1.54) is 0 Å². The highest BCUT2D eigenvalue weighted by Crippen LogP contribution is 2.39. The highest BCUT2D eigenvalue weighted by atomic mass is 32.2. The summed E-state index contributed by atoms with van der Waals surface area (Å²) in [5.41, 5.74) is 2.98. The van der Waals surface area contributed by atoms with E-state index in [1.807, 2.05) is 47.4 Å². The molecular formula is C25H30N4O4S. The van der Waals surface area contributed by atoms with Crippen molar-refractivity contribution in [1.29, 1.82) is 0 Å². The molecule has 180 valence electrons. The lowest BCUT2D eigenvalue weighted by atomic mass is 10.0. The van der Waals surface area contributed by atoms with Crippen molar-refractivity contribution in [2.24, 2.45) is 0 Å². The number of carbonyl (C=O) groups is 2. The van der Waals surface area contributed by atoms with Gasteiger partial charge in [0.15, 0.2) is 11.5 Å². The lowest BCUT2D eigenvalue weighted by Gasteiger charge is -2.39. The first-order valence-corrected chi connectivity index (χ1v) is 12.8. The van der Waals surface area contributed by atoms with Crippen LogP contribution >= 0.6 is 11.8 Å². The van der Waals surface area contributed by atoms with Gasteiger partial charge in [-0.2, -0.15) is 0 Å². The Kier molecular flexibility index (Phi) is 6.56. The average molecular weight is 483 g/mol. The van der Waals surface area contributed by atoms with Crippen LogP contribution in [-0.4, -0.2) is 53.4 Å². The fourth-order valence-electron chi connectivity index (χ4n) is 4.65. The van der Waals surface area contributed by atoms with Crippen LogP contribution in [0.3, 0.4) is 0 Å². The van der Waals surface area contributed by atoms with Crippen LogP contribution in [0.25, 0.3) is 0 Å². The molecule has 0 aromatic heterocycles. The topological polar surface area (TPSA) is 91.9 Å². The molecule has 0 bridgehead atoms. The van der Waals surface area contributed by atoms with Crippen molar-refractivity contribution in [2.45, 2.75) is 43.6 Å². The van der Waals surface area contributed by atoms with Crippen LogP contribution in [0.15, 0.2) is 42.5 Å². The summed E-state index contributed by atoms with van der Waals surface area (Å²) in [7, 11) is 0. The molecule has 8 nitrogen and oxygen atoms in total. The van der Waals surface area contributed by atoms with Crippen LogP contribution < -0.4 is 25.4 Å². The van der Waals surface area contributed by atoms with E-state index in [0.717, 1.165) is 47.6 Å². The van der Waals surface area contributed by atoms with Crippen LogP contribution in [0.5, 0.6) is 11.5 Å². The first-order valence-electron chi connectivity index (χ1n) is 11.8. The monoisotopic (exact) mass is 482 g/mol. The highest BCUT2D eigenvalue weighted by molar-refractivity contribution is 8.01. The molecule has 1 unspecified atom stereocenters. The van der Waals surface area contributed by atoms with Gasteiger partial charge in [0, 0.05) is 31.1 Å². The van der Waals surface area contributed by atoms with Crippen LogP contribution in [0.2, 0.25) is 0 Å². The van der Waals surface area contributed by atoms with Crippen molar-refractivity contribution in [3.8, 4) is 11.5 Å². The van der Waals surface area contributed by atoms with Crippen molar-refractivity contribution < 1.29 is 19.1 Å². The molecule has 34 heavy (non-hydrogen) atoms. The second-order valence-corrected chi connectivity index (χ2v) is 10.2. The fourth-order valence-corrected chi connectivity index (χ4v) is 6.07. The summed E-state index contributed by atoms with van der Waals surface area (Å²) in [5.74, 6) is 2.18. The normalized spacial score (nSPS) is 20.4. The van der Waals surface area contributed by atoms with E-state index in [9.17, 15) is 9.59 Å². The van der Waals surface area contributed by atoms with E-state index >= 15 is 0 Å². The summed E-state index contributed by atoms with van der Waals surface area (Å²) >= 11 is 1.80. The number of nitrogens with one attached hydrogen (secondary N) is 3. The SMILES string of the molecule is CCc1ccccc1NC(=O)N1CCC2(CC1)NC(C(=O)NCc1ccc3c(c1)OCO3)CS2. The van der Waals surface area contributed by atoms with Gasteiger partial charge in [-0.25, -0.2) is 4.79 Å². The quantitative estimate of drug-likeness (QED) is 0.606. The molecule has 0 radical (unpaired) electrons. The number of para-hydroxylation sites is 1. The van der Waals surface area contributed by atoms with Gasteiger partial charge >= 0.3 is 6.03 Å². The van der Waals surface area contributed by atoms with Crippen molar-refractivity contribution in [1.82, 2.24) is 15.5 Å². The molecule has 3 aliphatic heterocycles. The van der Waals surface area contributed by atoms with Gasteiger partial charge in [-0.1, -0.05) is 31.2 Å². The number of nitrogens with zero attached hydrogens (tertiary/aromatic N) is 1. The predicted octanol–water partition coefficient (Wildman–Crippen LogP) is 3.32. The second-order valence-electron chi connectivity index (χ2n) is 8.84. The van der Waals surface area contributed by atoms with E-state index in [1.54, 1.807) is 11.8 Å². The van der Waals surface area contributed by atoms with Crippen molar-refractivity contribution in [2.75, 3.05) is 31.0 Å². The van der Waals surface area contributed by atoms with Gasteiger partial charge in [-0.05, 0) is 48.6 Å². The summed E-state index contributed by atoms with van der Waals surface area (Å²) in [6, 6.07) is 13.3. The predicted molar refractivity (Wildman–Crippen MR) is 132 cm³/mol. The van der Waals surface area contributed by atoms with Gasteiger partial charge in [0.2, 0.25) is 12.7 Å². The second kappa shape index (κ2) is 9.76. The Balaban J connectivity index is 1.10. The molecule has 2 saturated heterocycles. The average Bonchev–Trinajstić information content (AvgIpc) is 3.50. The molecule has 2 aromatic rings. The summed E-state index contributed by atoms with van der Waals surface area (Å²) in [6.07, 6.45) is 2.50. The maximum Gasteiger partial charge on any atom is 0.321 e. The van der Waals surface area contributed by atoms with Crippen molar-refractivity contribution in [3.05, 3.63) is 53.6 Å². The fraction of sp³-hybridized carbons (Fsp3) is 0.440. The number of likely N-dealkylation sites (tertiary alicyclic amines) is 1. The van der Waals surface area contributed by atoms with E-state index in [0.29, 0.717) is 25.4 Å². The highest BCUT2D eigenvalue weighted by Gasteiger charge is 2.44. The molecule has 9 heteroatoms. The number of ether oxygens (including phenoxy) is 2. The molecule has 3 aliphatic rings. The number of thioether (sulfide) groups is 1. The zero-order valence-electron chi connectivity index (χ0n) is 19.3. The molecule has 0 aliphatic carbocycles. The first-order chi connectivity index (χ1) is 16.5. The van der Waals surface area contributed by atoms with Gasteiger partial charge in [0.25, 0.3) is 0 Å². The Morgan fingerprint density at radius 1 is 1.15 bits per heavy atom. The molecule has 2 fully saturated rings. The van der Waals surface area contributed by atoms with Crippen molar-refractivity contribution >= 4 is 29.4 Å². The Labute approximate surface area is 203 Å². The number of aryl methyl sites for hydroxylation is 1. The largest absolute Gasteiger partial charge is 0.454 e. The summed E-state index contributed by atoms with van der Waals surface area (Å²) < 4.78 is 10.7. The van der Waals surface area contributed by atoms with Gasteiger partial charge in [-0.3, -0.25) is 10.1 Å². The third kappa shape index (κ3) is 4.81. The van der Waals surface area contributed by atoms with Crippen LogP contribution in [0.1, 0.15) is 30.9 Å². The number of benzene rings is 2. The Morgan fingerprint density at radius 2 is 1.94 bits per heavy atom. The molecule has 2 aromatic carbocycles. The molecule has 3 N–H and O–H groups in total. The summed E-state index contributed by atoms with van der Waals surface area (Å²) in [5, 5.41) is 9.66. The number of amides is 3. The number of piperidine rings is 1. The first kappa shape index (κ1) is 22.9.